The minimum absolute atomic E-state index is 0.405. The summed E-state index contributed by atoms with van der Waals surface area (Å²) in [5.74, 6) is -0.405. The Bertz CT molecular complexity index is 509. The van der Waals surface area contributed by atoms with E-state index in [1.165, 1.54) is 13.3 Å². The van der Waals surface area contributed by atoms with Crippen LogP contribution in [0.3, 0.4) is 0 Å². The predicted molar refractivity (Wildman–Crippen MR) is 62.6 cm³/mol. The van der Waals surface area contributed by atoms with Crippen LogP contribution < -0.4 is 0 Å². The molecule has 0 spiro atoms. The Hall–Kier alpha value is -1.62. The van der Waals surface area contributed by atoms with Crippen molar-refractivity contribution >= 4 is 21.9 Å². The first-order valence-electron chi connectivity index (χ1n) is 4.59. The second-order valence-electron chi connectivity index (χ2n) is 3.10. The number of carbonyl (C=O) groups excluding carboxylic acids is 1. The lowest BCUT2D eigenvalue weighted by atomic mass is 10.2. The Kier molecular flexibility index (Phi) is 3.05. The molecule has 0 aliphatic rings. The van der Waals surface area contributed by atoms with Crippen molar-refractivity contribution in [3.8, 4) is 5.69 Å². The standard InChI is InChI=1S/C11H9BrN2O2/c1-16-11(15)8-6-13-7-9(12)10(8)14-4-2-3-5-14/h2-7H,1H3. The maximum atomic E-state index is 11.6. The number of pyridine rings is 1. The molecule has 0 radical (unpaired) electrons. The van der Waals surface area contributed by atoms with Crippen LogP contribution in [0.15, 0.2) is 41.4 Å². The number of esters is 1. The van der Waals surface area contributed by atoms with Crippen LogP contribution in [-0.4, -0.2) is 22.6 Å². The van der Waals surface area contributed by atoms with Gasteiger partial charge in [-0.25, -0.2) is 4.79 Å². The van der Waals surface area contributed by atoms with Crippen molar-refractivity contribution in [2.24, 2.45) is 0 Å². The van der Waals surface area contributed by atoms with E-state index in [1.54, 1.807) is 6.20 Å². The van der Waals surface area contributed by atoms with Gasteiger partial charge in [0.1, 0.15) is 5.56 Å². The van der Waals surface area contributed by atoms with Crippen LogP contribution in [0.2, 0.25) is 0 Å². The van der Waals surface area contributed by atoms with Gasteiger partial charge in [0.2, 0.25) is 0 Å². The molecule has 0 aromatic carbocycles. The summed E-state index contributed by atoms with van der Waals surface area (Å²) in [5, 5.41) is 0. The number of methoxy groups -OCH3 is 1. The van der Waals surface area contributed by atoms with Crippen molar-refractivity contribution in [1.29, 1.82) is 0 Å². The molecule has 2 aromatic heterocycles. The van der Waals surface area contributed by atoms with Gasteiger partial charge in [-0.1, -0.05) is 0 Å². The monoisotopic (exact) mass is 280 g/mol. The largest absolute Gasteiger partial charge is 0.465 e. The highest BCUT2D eigenvalue weighted by molar-refractivity contribution is 9.10. The number of rotatable bonds is 2. The summed E-state index contributed by atoms with van der Waals surface area (Å²) in [5.41, 5.74) is 1.15. The molecule has 2 rings (SSSR count). The molecule has 16 heavy (non-hydrogen) atoms. The van der Waals surface area contributed by atoms with Gasteiger partial charge in [-0.3, -0.25) is 4.98 Å². The number of aromatic nitrogens is 2. The molecule has 0 aliphatic carbocycles. The van der Waals surface area contributed by atoms with E-state index in [-0.39, 0.29) is 0 Å². The van der Waals surface area contributed by atoms with Gasteiger partial charge in [-0.05, 0) is 28.1 Å². The first-order valence-corrected chi connectivity index (χ1v) is 5.38. The number of hydrogen-bond acceptors (Lipinski definition) is 3. The lowest BCUT2D eigenvalue weighted by molar-refractivity contribution is 0.0600. The molecule has 0 aliphatic heterocycles. The van der Waals surface area contributed by atoms with Crippen molar-refractivity contribution in [3.05, 3.63) is 47.0 Å². The van der Waals surface area contributed by atoms with E-state index < -0.39 is 5.97 Å². The zero-order valence-electron chi connectivity index (χ0n) is 8.55. The fourth-order valence-electron chi connectivity index (χ4n) is 1.43. The summed E-state index contributed by atoms with van der Waals surface area (Å²) in [6.45, 7) is 0. The van der Waals surface area contributed by atoms with Gasteiger partial charge in [0.05, 0.1) is 17.3 Å². The third-order valence-corrected chi connectivity index (χ3v) is 2.72. The quantitative estimate of drug-likeness (QED) is 0.794. The van der Waals surface area contributed by atoms with Gasteiger partial charge in [-0.15, -0.1) is 0 Å². The van der Waals surface area contributed by atoms with E-state index in [1.807, 2.05) is 29.1 Å². The topological polar surface area (TPSA) is 44.1 Å². The van der Waals surface area contributed by atoms with Gasteiger partial charge >= 0.3 is 5.97 Å². The Morgan fingerprint density at radius 1 is 1.38 bits per heavy atom. The minimum atomic E-state index is -0.405. The lowest BCUT2D eigenvalue weighted by Gasteiger charge is -2.10. The van der Waals surface area contributed by atoms with Crippen LogP contribution in [0.4, 0.5) is 0 Å². The maximum absolute atomic E-state index is 11.6. The number of ether oxygens (including phenoxy) is 1. The smallest absolute Gasteiger partial charge is 0.341 e. The van der Waals surface area contributed by atoms with Gasteiger partial charge in [0.25, 0.3) is 0 Å². The van der Waals surface area contributed by atoms with Crippen LogP contribution in [0.25, 0.3) is 5.69 Å². The molecule has 4 nitrogen and oxygen atoms in total. The molecule has 2 aromatic rings. The summed E-state index contributed by atoms with van der Waals surface area (Å²) >= 11 is 3.37. The van der Waals surface area contributed by atoms with Crippen LogP contribution >= 0.6 is 15.9 Å². The highest BCUT2D eigenvalue weighted by atomic mass is 79.9. The van der Waals surface area contributed by atoms with Crippen molar-refractivity contribution in [2.45, 2.75) is 0 Å². The maximum Gasteiger partial charge on any atom is 0.341 e. The molecule has 0 unspecified atom stereocenters. The van der Waals surface area contributed by atoms with Crippen LogP contribution in [0.5, 0.6) is 0 Å². The van der Waals surface area contributed by atoms with E-state index in [4.69, 9.17) is 4.74 Å². The van der Waals surface area contributed by atoms with Crippen LogP contribution in [-0.2, 0) is 4.74 Å². The van der Waals surface area contributed by atoms with Crippen molar-refractivity contribution in [2.75, 3.05) is 7.11 Å². The summed E-state index contributed by atoms with van der Waals surface area (Å²) in [7, 11) is 1.35. The number of nitrogens with zero attached hydrogens (tertiary/aromatic N) is 2. The van der Waals surface area contributed by atoms with Gasteiger partial charge in [0, 0.05) is 24.8 Å². The molecule has 0 atom stereocenters. The summed E-state index contributed by atoms with van der Waals surface area (Å²) in [6.07, 6.45) is 6.84. The Morgan fingerprint density at radius 2 is 2.06 bits per heavy atom. The average Bonchev–Trinajstić information content (AvgIpc) is 2.81. The molecule has 0 saturated carbocycles. The fourth-order valence-corrected chi connectivity index (χ4v) is 1.97. The van der Waals surface area contributed by atoms with E-state index in [0.29, 0.717) is 5.56 Å². The normalized spacial score (nSPS) is 10.1. The molecular weight excluding hydrogens is 272 g/mol. The highest BCUT2D eigenvalue weighted by Crippen LogP contribution is 2.24. The second kappa shape index (κ2) is 4.49. The van der Waals surface area contributed by atoms with Gasteiger partial charge in [-0.2, -0.15) is 0 Å². The van der Waals surface area contributed by atoms with E-state index in [9.17, 15) is 4.79 Å². The van der Waals surface area contributed by atoms with Gasteiger partial charge in [0.15, 0.2) is 0 Å². The Balaban J connectivity index is 2.62. The molecule has 5 heteroatoms. The SMILES string of the molecule is COC(=O)c1cncc(Br)c1-n1cccc1. The molecule has 0 fully saturated rings. The molecule has 2 heterocycles. The first kappa shape index (κ1) is 10.9. The fraction of sp³-hybridized carbons (Fsp3) is 0.0909. The molecule has 0 N–H and O–H groups in total. The van der Waals surface area contributed by atoms with Crippen molar-refractivity contribution in [3.63, 3.8) is 0 Å². The molecule has 0 saturated heterocycles. The Labute approximate surface area is 101 Å². The summed E-state index contributed by atoms with van der Waals surface area (Å²) in [6, 6.07) is 3.77. The summed E-state index contributed by atoms with van der Waals surface area (Å²) < 4.78 is 7.29. The van der Waals surface area contributed by atoms with Crippen LogP contribution in [0.1, 0.15) is 10.4 Å². The van der Waals surface area contributed by atoms with Gasteiger partial charge < -0.3 is 9.30 Å². The first-order chi connectivity index (χ1) is 7.74. The predicted octanol–water partition coefficient (Wildman–Crippen LogP) is 2.42. The zero-order chi connectivity index (χ0) is 11.5. The minimum Gasteiger partial charge on any atom is -0.465 e. The zero-order valence-corrected chi connectivity index (χ0v) is 10.1. The third-order valence-electron chi connectivity index (χ3n) is 2.14. The van der Waals surface area contributed by atoms with E-state index >= 15 is 0 Å². The van der Waals surface area contributed by atoms with Crippen molar-refractivity contribution < 1.29 is 9.53 Å². The highest BCUT2D eigenvalue weighted by Gasteiger charge is 2.15. The molecule has 0 amide bonds. The Morgan fingerprint density at radius 3 is 2.69 bits per heavy atom. The van der Waals surface area contributed by atoms with E-state index in [0.717, 1.165) is 10.2 Å². The molecular formula is C11H9BrN2O2. The lowest BCUT2D eigenvalue weighted by Crippen LogP contribution is -2.08. The molecule has 0 bridgehead atoms. The number of hydrogen-bond donors (Lipinski definition) is 0. The van der Waals surface area contributed by atoms with E-state index in [2.05, 4.69) is 20.9 Å². The molecule has 82 valence electrons. The number of carbonyl (C=O) groups is 1. The third kappa shape index (κ3) is 1.86. The average molecular weight is 281 g/mol. The van der Waals surface area contributed by atoms with Crippen LogP contribution in [0, 0.1) is 0 Å². The van der Waals surface area contributed by atoms with Crippen molar-refractivity contribution in [1.82, 2.24) is 9.55 Å². The number of halogens is 1. The summed E-state index contributed by atoms with van der Waals surface area (Å²) in [4.78, 5) is 15.5. The second-order valence-corrected chi connectivity index (χ2v) is 3.95.